The molecule has 4 rings (SSSR count). The quantitative estimate of drug-likeness (QED) is 0.655. The summed E-state index contributed by atoms with van der Waals surface area (Å²) in [6.45, 7) is 1.13. The number of nitrogens with zero attached hydrogens (tertiary/aromatic N) is 3. The van der Waals surface area contributed by atoms with E-state index in [1.54, 1.807) is 41.1 Å². The summed E-state index contributed by atoms with van der Waals surface area (Å²) in [6, 6.07) is 13.8. The molecular formula is C23H23ClN4O3S. The number of nitrogens with one attached hydrogen (secondary N) is 1. The molecule has 2 aromatic carbocycles. The van der Waals surface area contributed by atoms with Crippen molar-refractivity contribution in [1.82, 2.24) is 9.80 Å². The Labute approximate surface area is 196 Å². The summed E-state index contributed by atoms with van der Waals surface area (Å²) < 4.78 is 0. The topological polar surface area (TPSA) is 73.0 Å². The lowest BCUT2D eigenvalue weighted by Gasteiger charge is -2.24. The first kappa shape index (κ1) is 22.2. The SMILES string of the molecule is CN1C(=O)C(CC(=O)Nc2ccc(Cl)cc2)N(Cc2ccc(N3CCCC3=O)cc2)C1=S. The van der Waals surface area contributed by atoms with Crippen LogP contribution in [0.15, 0.2) is 48.5 Å². The van der Waals surface area contributed by atoms with E-state index in [0.717, 1.165) is 24.2 Å². The summed E-state index contributed by atoms with van der Waals surface area (Å²) in [4.78, 5) is 42.3. The van der Waals surface area contributed by atoms with E-state index in [9.17, 15) is 14.4 Å². The number of benzene rings is 2. The van der Waals surface area contributed by atoms with E-state index in [1.807, 2.05) is 24.3 Å². The lowest BCUT2D eigenvalue weighted by Crippen LogP contribution is -2.37. The van der Waals surface area contributed by atoms with Crippen molar-refractivity contribution < 1.29 is 14.4 Å². The van der Waals surface area contributed by atoms with Crippen molar-refractivity contribution in [2.45, 2.75) is 31.8 Å². The number of anilines is 2. The van der Waals surface area contributed by atoms with Gasteiger partial charge in [-0.15, -0.1) is 0 Å². The molecule has 0 spiro atoms. The van der Waals surface area contributed by atoms with E-state index in [-0.39, 0.29) is 24.1 Å². The summed E-state index contributed by atoms with van der Waals surface area (Å²) in [6.07, 6.45) is 1.43. The van der Waals surface area contributed by atoms with Gasteiger partial charge in [-0.25, -0.2) is 0 Å². The van der Waals surface area contributed by atoms with E-state index < -0.39 is 6.04 Å². The molecular weight excluding hydrogens is 448 g/mol. The molecule has 1 N–H and O–H groups in total. The Morgan fingerprint density at radius 3 is 2.44 bits per heavy atom. The third-order valence-electron chi connectivity index (χ3n) is 5.71. The predicted octanol–water partition coefficient (Wildman–Crippen LogP) is 3.42. The molecule has 0 aliphatic carbocycles. The first-order chi connectivity index (χ1) is 15.3. The van der Waals surface area contributed by atoms with Crippen molar-refractivity contribution in [3.63, 3.8) is 0 Å². The number of hydrogen-bond acceptors (Lipinski definition) is 4. The van der Waals surface area contributed by atoms with Crippen LogP contribution in [-0.4, -0.2) is 52.3 Å². The first-order valence-electron chi connectivity index (χ1n) is 10.4. The van der Waals surface area contributed by atoms with Crippen LogP contribution >= 0.6 is 23.8 Å². The Morgan fingerprint density at radius 2 is 1.81 bits per heavy atom. The number of rotatable bonds is 6. The van der Waals surface area contributed by atoms with Crippen LogP contribution < -0.4 is 10.2 Å². The lowest BCUT2D eigenvalue weighted by molar-refractivity contribution is -0.130. The fourth-order valence-electron chi connectivity index (χ4n) is 3.97. The minimum absolute atomic E-state index is 0.0215. The van der Waals surface area contributed by atoms with Crippen LogP contribution in [0.25, 0.3) is 0 Å². The van der Waals surface area contributed by atoms with Crippen molar-refractivity contribution in [3.8, 4) is 0 Å². The molecule has 2 aliphatic heterocycles. The van der Waals surface area contributed by atoms with Crippen molar-refractivity contribution in [2.24, 2.45) is 0 Å². The van der Waals surface area contributed by atoms with Crippen molar-refractivity contribution in [3.05, 3.63) is 59.1 Å². The normalized spacial score (nSPS) is 18.6. The van der Waals surface area contributed by atoms with Crippen molar-refractivity contribution in [2.75, 3.05) is 23.8 Å². The van der Waals surface area contributed by atoms with Gasteiger partial charge in [0.15, 0.2) is 5.11 Å². The molecule has 0 radical (unpaired) electrons. The Kier molecular flexibility index (Phi) is 6.43. The zero-order valence-corrected chi connectivity index (χ0v) is 19.2. The predicted molar refractivity (Wildman–Crippen MR) is 127 cm³/mol. The van der Waals surface area contributed by atoms with E-state index in [0.29, 0.717) is 28.8 Å². The second-order valence-corrected chi connectivity index (χ2v) is 8.70. The van der Waals surface area contributed by atoms with Gasteiger partial charge >= 0.3 is 0 Å². The van der Waals surface area contributed by atoms with Gasteiger partial charge in [0, 0.05) is 43.0 Å². The summed E-state index contributed by atoms with van der Waals surface area (Å²) in [5.74, 6) is -0.352. The van der Waals surface area contributed by atoms with E-state index >= 15 is 0 Å². The second kappa shape index (κ2) is 9.26. The van der Waals surface area contributed by atoms with Crippen LogP contribution in [0.1, 0.15) is 24.8 Å². The minimum atomic E-state index is -0.681. The van der Waals surface area contributed by atoms with Gasteiger partial charge in [0.25, 0.3) is 5.91 Å². The molecule has 2 aliphatic rings. The fourth-order valence-corrected chi connectivity index (χ4v) is 4.38. The van der Waals surface area contributed by atoms with Crippen LogP contribution in [0.4, 0.5) is 11.4 Å². The Balaban J connectivity index is 1.45. The van der Waals surface area contributed by atoms with Gasteiger partial charge in [0.05, 0.1) is 6.42 Å². The van der Waals surface area contributed by atoms with Crippen molar-refractivity contribution in [1.29, 1.82) is 0 Å². The lowest BCUT2D eigenvalue weighted by atomic mass is 10.1. The van der Waals surface area contributed by atoms with Gasteiger partial charge < -0.3 is 15.1 Å². The Bertz CT molecular complexity index is 1060. The van der Waals surface area contributed by atoms with Gasteiger partial charge in [0.1, 0.15) is 6.04 Å². The summed E-state index contributed by atoms with van der Waals surface area (Å²) >= 11 is 11.4. The number of amides is 3. The minimum Gasteiger partial charge on any atom is -0.332 e. The van der Waals surface area contributed by atoms with Gasteiger partial charge in [-0.05, 0) is 60.6 Å². The molecule has 2 heterocycles. The Morgan fingerprint density at radius 1 is 1.12 bits per heavy atom. The molecule has 1 atom stereocenters. The highest BCUT2D eigenvalue weighted by molar-refractivity contribution is 7.80. The third kappa shape index (κ3) is 4.61. The second-order valence-electron chi connectivity index (χ2n) is 7.90. The first-order valence-corrected chi connectivity index (χ1v) is 11.1. The average Bonchev–Trinajstić information content (AvgIpc) is 3.29. The molecule has 2 aromatic rings. The number of likely N-dealkylation sites (N-methyl/N-ethyl adjacent to an activating group) is 1. The van der Waals surface area contributed by atoms with E-state index in [2.05, 4.69) is 5.32 Å². The largest absolute Gasteiger partial charge is 0.332 e. The molecule has 0 aromatic heterocycles. The highest BCUT2D eigenvalue weighted by Crippen LogP contribution is 2.25. The third-order valence-corrected chi connectivity index (χ3v) is 6.47. The summed E-state index contributed by atoms with van der Waals surface area (Å²) in [5, 5.41) is 3.76. The molecule has 3 amide bonds. The van der Waals surface area contributed by atoms with E-state index in [1.165, 1.54) is 4.90 Å². The van der Waals surface area contributed by atoms with E-state index in [4.69, 9.17) is 23.8 Å². The number of carbonyl (C=O) groups excluding carboxylic acids is 3. The van der Waals surface area contributed by atoms with Crippen LogP contribution in [0, 0.1) is 0 Å². The smallest absolute Gasteiger partial charge is 0.251 e. The molecule has 2 fully saturated rings. The van der Waals surface area contributed by atoms with Crippen LogP contribution in [0.5, 0.6) is 0 Å². The monoisotopic (exact) mass is 470 g/mol. The summed E-state index contributed by atoms with van der Waals surface area (Å²) in [7, 11) is 1.62. The highest BCUT2D eigenvalue weighted by Gasteiger charge is 2.41. The average molecular weight is 471 g/mol. The highest BCUT2D eigenvalue weighted by atomic mass is 35.5. The number of thiocarbonyl (C=S) groups is 1. The molecule has 7 nitrogen and oxygen atoms in total. The van der Waals surface area contributed by atoms with Gasteiger partial charge in [-0.2, -0.15) is 0 Å². The zero-order chi connectivity index (χ0) is 22.8. The van der Waals surface area contributed by atoms with Gasteiger partial charge in [0.2, 0.25) is 11.8 Å². The molecule has 0 bridgehead atoms. The molecule has 166 valence electrons. The molecule has 1 unspecified atom stereocenters. The fraction of sp³-hybridized carbons (Fsp3) is 0.304. The maximum Gasteiger partial charge on any atom is 0.251 e. The molecule has 9 heteroatoms. The molecule has 2 saturated heterocycles. The van der Waals surface area contributed by atoms with Gasteiger partial charge in [-0.1, -0.05) is 23.7 Å². The molecule has 32 heavy (non-hydrogen) atoms. The van der Waals surface area contributed by atoms with Crippen LogP contribution in [0.3, 0.4) is 0 Å². The maximum atomic E-state index is 12.8. The number of hydrogen-bond donors (Lipinski definition) is 1. The zero-order valence-electron chi connectivity index (χ0n) is 17.6. The van der Waals surface area contributed by atoms with Crippen LogP contribution in [0.2, 0.25) is 5.02 Å². The van der Waals surface area contributed by atoms with Crippen LogP contribution in [-0.2, 0) is 20.9 Å². The standard InChI is InChI=1S/C23H23ClN4O3S/c1-26-22(31)19(13-20(29)25-17-8-6-16(24)7-9-17)28(23(26)32)14-15-4-10-18(11-5-15)27-12-2-3-21(27)30/h4-11,19H,2-3,12-14H2,1H3,(H,25,29). The number of halogens is 1. The maximum absolute atomic E-state index is 12.8. The summed E-state index contributed by atoms with van der Waals surface area (Å²) in [5.41, 5.74) is 2.42. The van der Waals surface area contributed by atoms with Crippen molar-refractivity contribution >= 4 is 58.0 Å². The van der Waals surface area contributed by atoms with Gasteiger partial charge in [-0.3, -0.25) is 19.3 Å². The molecule has 0 saturated carbocycles. The number of carbonyl (C=O) groups is 3. The Hall–Kier alpha value is -2.97.